The Hall–Kier alpha value is -2.24. The van der Waals surface area contributed by atoms with Crippen molar-refractivity contribution in [3.05, 3.63) is 29.7 Å². The third-order valence-electron chi connectivity index (χ3n) is 4.09. The minimum Gasteiger partial charge on any atom is -0.493 e. The quantitative estimate of drug-likeness (QED) is 0.809. The smallest absolute Gasteiger partial charge is 0.246 e. The number of nitrogens with zero attached hydrogens (tertiary/aromatic N) is 3. The summed E-state index contributed by atoms with van der Waals surface area (Å²) in [5.74, 6) is -0.490. The Bertz CT molecular complexity index is 916. The van der Waals surface area contributed by atoms with Gasteiger partial charge >= 0.3 is 0 Å². The van der Waals surface area contributed by atoms with Gasteiger partial charge in [-0.25, -0.2) is 12.8 Å². The Morgan fingerprint density at radius 1 is 1.31 bits per heavy atom. The number of β-amino-alcohol motifs (C(OH)–C–C–N with tert-alkyl or cyclic N) is 1. The molecule has 1 aliphatic rings. The maximum atomic E-state index is 14.5. The van der Waals surface area contributed by atoms with Gasteiger partial charge in [0.15, 0.2) is 17.3 Å². The maximum Gasteiger partial charge on any atom is 0.246 e. The molecule has 1 aliphatic heterocycles. The SMILES string of the molecule is COc1cc(F)c(S(=O)(=O)N2C[C@@H](O)C[C@@H]2c2nc(C)no2)cc1OC. The van der Waals surface area contributed by atoms with Crippen molar-refractivity contribution in [3.8, 4) is 11.5 Å². The van der Waals surface area contributed by atoms with Crippen molar-refractivity contribution >= 4 is 10.0 Å². The number of aliphatic hydroxyl groups is 1. The highest BCUT2D eigenvalue weighted by Crippen LogP contribution is 2.39. The molecule has 3 rings (SSSR count). The van der Waals surface area contributed by atoms with E-state index in [0.29, 0.717) is 5.82 Å². The van der Waals surface area contributed by atoms with Gasteiger partial charge in [0.1, 0.15) is 16.8 Å². The highest BCUT2D eigenvalue weighted by molar-refractivity contribution is 7.89. The number of rotatable bonds is 5. The Balaban J connectivity index is 2.06. The van der Waals surface area contributed by atoms with Crippen LogP contribution in [-0.4, -0.2) is 54.8 Å². The fourth-order valence-corrected chi connectivity index (χ4v) is 4.58. The van der Waals surface area contributed by atoms with Crippen LogP contribution in [0.5, 0.6) is 11.5 Å². The van der Waals surface area contributed by atoms with Gasteiger partial charge < -0.3 is 19.1 Å². The zero-order valence-corrected chi connectivity index (χ0v) is 15.2. The molecule has 1 saturated heterocycles. The molecule has 11 heteroatoms. The number of aromatic nitrogens is 2. The first-order valence-corrected chi connectivity index (χ1v) is 9.13. The van der Waals surface area contributed by atoms with Crippen LogP contribution in [-0.2, 0) is 10.0 Å². The molecule has 1 N–H and O–H groups in total. The molecular formula is C15H18FN3O6S. The van der Waals surface area contributed by atoms with Crippen LogP contribution in [0.25, 0.3) is 0 Å². The fourth-order valence-electron chi connectivity index (χ4n) is 2.88. The Kier molecular flexibility index (Phi) is 4.86. The number of benzene rings is 1. The summed E-state index contributed by atoms with van der Waals surface area (Å²) in [4.78, 5) is 3.44. The molecule has 0 unspecified atom stereocenters. The van der Waals surface area contributed by atoms with E-state index in [2.05, 4.69) is 10.1 Å². The van der Waals surface area contributed by atoms with Gasteiger partial charge in [0.05, 0.1) is 20.3 Å². The Morgan fingerprint density at radius 3 is 2.54 bits per heavy atom. The maximum absolute atomic E-state index is 14.5. The molecule has 1 aromatic carbocycles. The highest BCUT2D eigenvalue weighted by atomic mass is 32.2. The van der Waals surface area contributed by atoms with E-state index in [9.17, 15) is 17.9 Å². The van der Waals surface area contributed by atoms with E-state index in [-0.39, 0.29) is 30.4 Å². The topological polar surface area (TPSA) is 115 Å². The zero-order chi connectivity index (χ0) is 19.1. The van der Waals surface area contributed by atoms with Crippen molar-refractivity contribution in [2.24, 2.45) is 0 Å². The standard InChI is InChI=1S/C15H18FN3O6S/c1-8-17-15(25-18-8)11-4-9(20)7-19(11)26(21,22)14-6-13(24-3)12(23-2)5-10(14)16/h5-6,9,11,20H,4,7H2,1-3H3/t9-,11+/m0/s1. The molecule has 2 heterocycles. The van der Waals surface area contributed by atoms with Gasteiger partial charge in [-0.2, -0.15) is 9.29 Å². The number of methoxy groups -OCH3 is 2. The van der Waals surface area contributed by atoms with Crippen LogP contribution in [0, 0.1) is 12.7 Å². The van der Waals surface area contributed by atoms with Crippen LogP contribution >= 0.6 is 0 Å². The lowest BCUT2D eigenvalue weighted by atomic mass is 10.2. The Morgan fingerprint density at radius 2 is 1.96 bits per heavy atom. The van der Waals surface area contributed by atoms with Gasteiger partial charge in [-0.3, -0.25) is 0 Å². The molecule has 0 saturated carbocycles. The first-order chi connectivity index (χ1) is 12.3. The lowest BCUT2D eigenvalue weighted by molar-refractivity contribution is 0.188. The van der Waals surface area contributed by atoms with E-state index in [1.54, 1.807) is 6.92 Å². The molecule has 2 aromatic rings. The van der Waals surface area contributed by atoms with Crippen molar-refractivity contribution < 1.29 is 31.9 Å². The number of hydrogen-bond acceptors (Lipinski definition) is 8. The van der Waals surface area contributed by atoms with Crippen LogP contribution in [0.3, 0.4) is 0 Å². The van der Waals surface area contributed by atoms with Gasteiger partial charge in [0.25, 0.3) is 0 Å². The summed E-state index contributed by atoms with van der Waals surface area (Å²) in [7, 11) is -1.68. The summed E-state index contributed by atoms with van der Waals surface area (Å²) in [5.41, 5.74) is 0. The molecule has 0 radical (unpaired) electrons. The first kappa shape index (κ1) is 18.5. The van der Waals surface area contributed by atoms with Crippen LogP contribution < -0.4 is 9.47 Å². The van der Waals surface area contributed by atoms with Gasteiger partial charge in [0.2, 0.25) is 15.9 Å². The summed E-state index contributed by atoms with van der Waals surface area (Å²) in [6.45, 7) is 1.37. The summed E-state index contributed by atoms with van der Waals surface area (Å²) in [5, 5.41) is 13.6. The van der Waals surface area contributed by atoms with Crippen molar-refractivity contribution in [3.63, 3.8) is 0 Å². The second kappa shape index (κ2) is 6.82. The minimum absolute atomic E-state index is 0.0449. The zero-order valence-electron chi connectivity index (χ0n) is 14.3. The lowest BCUT2D eigenvalue weighted by Crippen LogP contribution is -2.32. The molecular weight excluding hydrogens is 369 g/mol. The molecule has 1 fully saturated rings. The third kappa shape index (κ3) is 3.13. The predicted octanol–water partition coefficient (Wildman–Crippen LogP) is 1.03. The van der Waals surface area contributed by atoms with Gasteiger partial charge in [-0.05, 0) is 6.92 Å². The van der Waals surface area contributed by atoms with Crippen molar-refractivity contribution in [1.29, 1.82) is 0 Å². The van der Waals surface area contributed by atoms with Crippen LogP contribution in [0.1, 0.15) is 24.2 Å². The molecule has 2 atom stereocenters. The average molecular weight is 387 g/mol. The predicted molar refractivity (Wildman–Crippen MR) is 85.8 cm³/mol. The molecule has 0 aliphatic carbocycles. The number of aryl methyl sites for hydroxylation is 1. The van der Waals surface area contributed by atoms with Gasteiger partial charge in [0, 0.05) is 25.1 Å². The van der Waals surface area contributed by atoms with E-state index >= 15 is 0 Å². The third-order valence-corrected chi connectivity index (χ3v) is 5.98. The molecule has 26 heavy (non-hydrogen) atoms. The highest BCUT2D eigenvalue weighted by Gasteiger charge is 2.44. The van der Waals surface area contributed by atoms with E-state index < -0.39 is 32.9 Å². The normalized spacial score (nSPS) is 21.1. The van der Waals surface area contributed by atoms with Crippen LogP contribution in [0.2, 0.25) is 0 Å². The number of ether oxygens (including phenoxy) is 2. The van der Waals surface area contributed by atoms with E-state index in [0.717, 1.165) is 16.4 Å². The minimum atomic E-state index is -4.31. The molecule has 0 bridgehead atoms. The van der Waals surface area contributed by atoms with Crippen molar-refractivity contribution in [2.75, 3.05) is 20.8 Å². The largest absolute Gasteiger partial charge is 0.493 e. The number of sulfonamides is 1. The fraction of sp³-hybridized carbons (Fsp3) is 0.467. The van der Waals surface area contributed by atoms with Crippen LogP contribution in [0.4, 0.5) is 4.39 Å². The summed E-state index contributed by atoms with van der Waals surface area (Å²) < 4.78 is 56.6. The molecule has 1 aromatic heterocycles. The second-order valence-electron chi connectivity index (χ2n) is 5.80. The van der Waals surface area contributed by atoms with Gasteiger partial charge in [-0.1, -0.05) is 5.16 Å². The van der Waals surface area contributed by atoms with Crippen molar-refractivity contribution in [1.82, 2.24) is 14.4 Å². The molecule has 9 nitrogen and oxygen atoms in total. The monoisotopic (exact) mass is 387 g/mol. The Labute approximate surface area is 149 Å². The lowest BCUT2D eigenvalue weighted by Gasteiger charge is -2.22. The van der Waals surface area contributed by atoms with E-state index in [1.165, 1.54) is 14.2 Å². The summed E-state index contributed by atoms with van der Waals surface area (Å²) in [6, 6.07) is 1.10. The van der Waals surface area contributed by atoms with Gasteiger partial charge in [-0.15, -0.1) is 0 Å². The first-order valence-electron chi connectivity index (χ1n) is 7.69. The average Bonchev–Trinajstić information content (AvgIpc) is 3.20. The number of hydrogen-bond donors (Lipinski definition) is 1. The molecule has 142 valence electrons. The second-order valence-corrected chi connectivity index (χ2v) is 7.66. The number of aliphatic hydroxyl groups excluding tert-OH is 1. The number of halogens is 1. The summed E-state index contributed by atoms with van der Waals surface area (Å²) in [6.07, 6.45) is -0.874. The van der Waals surface area contributed by atoms with E-state index in [1.807, 2.05) is 0 Å². The van der Waals surface area contributed by atoms with E-state index in [4.69, 9.17) is 14.0 Å². The molecule has 0 amide bonds. The van der Waals surface area contributed by atoms with Crippen molar-refractivity contribution in [2.45, 2.75) is 30.4 Å². The molecule has 0 spiro atoms. The summed E-state index contributed by atoms with van der Waals surface area (Å²) >= 11 is 0. The van der Waals surface area contributed by atoms with Crippen LogP contribution in [0.15, 0.2) is 21.6 Å².